The van der Waals surface area contributed by atoms with Crippen molar-refractivity contribution in [3.8, 4) is 17.1 Å². The van der Waals surface area contributed by atoms with Crippen molar-refractivity contribution in [2.45, 2.75) is 44.6 Å². The van der Waals surface area contributed by atoms with E-state index in [-0.39, 0.29) is 11.9 Å². The molecular weight excluding hydrogens is 402 g/mol. The highest BCUT2D eigenvalue weighted by Gasteiger charge is 2.24. The number of ether oxygens (including phenoxy) is 1. The third-order valence-electron chi connectivity index (χ3n) is 5.90. The molecule has 1 aromatic heterocycles. The summed E-state index contributed by atoms with van der Waals surface area (Å²) < 4.78 is 10.7. The van der Waals surface area contributed by atoms with Gasteiger partial charge in [0.25, 0.3) is 0 Å². The highest BCUT2D eigenvalue weighted by Crippen LogP contribution is 2.24. The van der Waals surface area contributed by atoms with Crippen LogP contribution in [-0.2, 0) is 11.2 Å². The molecule has 0 bridgehead atoms. The average molecular weight is 432 g/mol. The number of carbonyl (C=O) groups is 1. The molecule has 0 spiro atoms. The molecule has 4 rings (SSSR count). The van der Waals surface area contributed by atoms with Crippen LogP contribution in [0.15, 0.2) is 65.2 Å². The summed E-state index contributed by atoms with van der Waals surface area (Å²) in [5, 5.41) is 4.11. The van der Waals surface area contributed by atoms with E-state index in [4.69, 9.17) is 9.26 Å². The van der Waals surface area contributed by atoms with Gasteiger partial charge in [-0.05, 0) is 48.7 Å². The summed E-state index contributed by atoms with van der Waals surface area (Å²) in [7, 11) is 1.63. The minimum absolute atomic E-state index is 0.0376. The van der Waals surface area contributed by atoms with E-state index in [9.17, 15) is 4.79 Å². The van der Waals surface area contributed by atoms with E-state index in [1.807, 2.05) is 65.6 Å². The summed E-state index contributed by atoms with van der Waals surface area (Å²) in [4.78, 5) is 19.6. The molecule has 0 saturated heterocycles. The fraction of sp³-hybridized carbons (Fsp3) is 0.346. The first-order valence-electron chi connectivity index (χ1n) is 11.2. The minimum atomic E-state index is 0.0376. The molecule has 32 heavy (non-hydrogen) atoms. The smallest absolute Gasteiger partial charge is 0.246 e. The Balaban J connectivity index is 1.43. The molecule has 2 aromatic carbocycles. The van der Waals surface area contributed by atoms with E-state index in [0.29, 0.717) is 24.7 Å². The molecule has 6 heteroatoms. The fourth-order valence-corrected chi connectivity index (χ4v) is 4.12. The highest BCUT2D eigenvalue weighted by molar-refractivity contribution is 5.92. The molecule has 0 aliphatic heterocycles. The normalized spacial score (nSPS) is 14.5. The molecule has 0 atom stereocenters. The third-order valence-corrected chi connectivity index (χ3v) is 5.90. The second-order valence-corrected chi connectivity index (χ2v) is 8.06. The Hall–Kier alpha value is -3.41. The first kappa shape index (κ1) is 21.8. The van der Waals surface area contributed by atoms with E-state index in [0.717, 1.165) is 29.7 Å². The molecule has 0 radical (unpaired) electrons. The van der Waals surface area contributed by atoms with E-state index < -0.39 is 0 Å². The second kappa shape index (κ2) is 10.8. The quantitative estimate of drug-likeness (QED) is 0.461. The number of hydrogen-bond acceptors (Lipinski definition) is 5. The molecule has 1 amide bonds. The van der Waals surface area contributed by atoms with Crippen molar-refractivity contribution in [1.82, 2.24) is 15.0 Å². The van der Waals surface area contributed by atoms with Crippen LogP contribution in [0.4, 0.5) is 0 Å². The van der Waals surface area contributed by atoms with Gasteiger partial charge in [0.1, 0.15) is 5.75 Å². The van der Waals surface area contributed by atoms with Gasteiger partial charge in [-0.1, -0.05) is 54.8 Å². The third kappa shape index (κ3) is 5.63. The van der Waals surface area contributed by atoms with E-state index in [1.54, 1.807) is 13.2 Å². The zero-order chi connectivity index (χ0) is 22.2. The molecule has 1 heterocycles. The van der Waals surface area contributed by atoms with Gasteiger partial charge in [-0.15, -0.1) is 0 Å². The molecule has 166 valence electrons. The molecule has 6 nitrogen and oxygen atoms in total. The van der Waals surface area contributed by atoms with Crippen molar-refractivity contribution in [2.24, 2.45) is 0 Å². The highest BCUT2D eigenvalue weighted by atomic mass is 16.5. The van der Waals surface area contributed by atoms with Gasteiger partial charge in [0.15, 0.2) is 0 Å². The monoisotopic (exact) mass is 431 g/mol. The lowest BCUT2D eigenvalue weighted by Gasteiger charge is -2.33. The first-order chi connectivity index (χ1) is 15.7. The number of rotatable bonds is 8. The van der Waals surface area contributed by atoms with Gasteiger partial charge in [-0.2, -0.15) is 4.98 Å². The van der Waals surface area contributed by atoms with Crippen LogP contribution in [0.25, 0.3) is 17.5 Å². The number of methoxy groups -OCH3 is 1. The van der Waals surface area contributed by atoms with Crippen LogP contribution in [0.1, 0.15) is 43.6 Å². The van der Waals surface area contributed by atoms with Gasteiger partial charge in [0.2, 0.25) is 17.6 Å². The Labute approximate surface area is 188 Å². The van der Waals surface area contributed by atoms with Crippen LogP contribution in [0.3, 0.4) is 0 Å². The van der Waals surface area contributed by atoms with Gasteiger partial charge in [0.05, 0.1) is 7.11 Å². The Kier molecular flexibility index (Phi) is 7.33. The second-order valence-electron chi connectivity index (χ2n) is 8.06. The number of carbonyl (C=O) groups excluding carboxylic acids is 1. The summed E-state index contributed by atoms with van der Waals surface area (Å²) >= 11 is 0. The van der Waals surface area contributed by atoms with Crippen LogP contribution in [0.2, 0.25) is 0 Å². The molecular formula is C26H29N3O3. The van der Waals surface area contributed by atoms with Gasteiger partial charge >= 0.3 is 0 Å². The number of aromatic nitrogens is 2. The summed E-state index contributed by atoms with van der Waals surface area (Å²) in [6.45, 7) is 0.562. The standard InChI is InChI=1S/C26H29N3O3/c1-31-23-15-13-21(14-16-23)26-27-24(32-28-26)18-19-29(22-10-6-3-7-11-22)25(30)17-12-20-8-4-2-5-9-20/h2,4-5,8-9,12-17,22H,3,6-7,10-11,18-19H2,1H3. The zero-order valence-electron chi connectivity index (χ0n) is 18.4. The van der Waals surface area contributed by atoms with E-state index in [2.05, 4.69) is 10.1 Å². The molecule has 3 aromatic rings. The number of nitrogens with zero attached hydrogens (tertiary/aromatic N) is 3. The fourth-order valence-electron chi connectivity index (χ4n) is 4.12. The number of amides is 1. The molecule has 1 saturated carbocycles. The van der Waals surface area contributed by atoms with Crippen LogP contribution in [0, 0.1) is 0 Å². The van der Waals surface area contributed by atoms with Crippen LogP contribution >= 0.6 is 0 Å². The van der Waals surface area contributed by atoms with Crippen LogP contribution < -0.4 is 4.74 Å². The average Bonchev–Trinajstić information content (AvgIpc) is 3.33. The van der Waals surface area contributed by atoms with Crippen molar-refractivity contribution in [3.63, 3.8) is 0 Å². The lowest BCUT2D eigenvalue weighted by molar-refractivity contribution is -0.128. The van der Waals surface area contributed by atoms with E-state index in [1.165, 1.54) is 19.3 Å². The zero-order valence-corrected chi connectivity index (χ0v) is 18.4. The Morgan fingerprint density at radius 1 is 1.09 bits per heavy atom. The molecule has 1 aliphatic rings. The van der Waals surface area contributed by atoms with Crippen LogP contribution in [-0.4, -0.2) is 40.6 Å². The predicted octanol–water partition coefficient (Wildman–Crippen LogP) is 5.16. The van der Waals surface area contributed by atoms with Crippen molar-refractivity contribution in [3.05, 3.63) is 72.1 Å². The maximum atomic E-state index is 13.1. The molecule has 1 aliphatic carbocycles. The van der Waals surface area contributed by atoms with Gasteiger partial charge in [-0.3, -0.25) is 4.79 Å². The SMILES string of the molecule is COc1ccc(-c2noc(CCN(C(=O)C=Cc3ccccc3)C3CCCCC3)n2)cc1. The Bertz CT molecular complexity index is 1020. The molecule has 0 N–H and O–H groups in total. The lowest BCUT2D eigenvalue weighted by atomic mass is 9.94. The topological polar surface area (TPSA) is 68.5 Å². The largest absolute Gasteiger partial charge is 0.497 e. The van der Waals surface area contributed by atoms with Gasteiger partial charge in [-0.25, -0.2) is 0 Å². The lowest BCUT2D eigenvalue weighted by Crippen LogP contribution is -2.41. The van der Waals surface area contributed by atoms with Crippen molar-refractivity contribution >= 4 is 12.0 Å². The van der Waals surface area contributed by atoms with Crippen LogP contribution in [0.5, 0.6) is 5.75 Å². The molecule has 0 unspecified atom stereocenters. The minimum Gasteiger partial charge on any atom is -0.497 e. The maximum Gasteiger partial charge on any atom is 0.246 e. The summed E-state index contributed by atoms with van der Waals surface area (Å²) in [6.07, 6.45) is 9.76. The van der Waals surface area contributed by atoms with Gasteiger partial charge in [0, 0.05) is 30.6 Å². The summed E-state index contributed by atoms with van der Waals surface area (Å²) in [5.74, 6) is 1.90. The Morgan fingerprint density at radius 3 is 2.56 bits per heavy atom. The first-order valence-corrected chi connectivity index (χ1v) is 11.2. The van der Waals surface area contributed by atoms with Crippen molar-refractivity contribution in [2.75, 3.05) is 13.7 Å². The van der Waals surface area contributed by atoms with E-state index >= 15 is 0 Å². The summed E-state index contributed by atoms with van der Waals surface area (Å²) in [5.41, 5.74) is 1.89. The van der Waals surface area contributed by atoms with Gasteiger partial charge < -0.3 is 14.2 Å². The number of benzene rings is 2. The maximum absolute atomic E-state index is 13.1. The van der Waals surface area contributed by atoms with Crippen molar-refractivity contribution < 1.29 is 14.1 Å². The molecule has 1 fully saturated rings. The Morgan fingerprint density at radius 2 is 1.84 bits per heavy atom. The summed E-state index contributed by atoms with van der Waals surface area (Å²) in [6, 6.07) is 17.7. The van der Waals surface area contributed by atoms with Crippen molar-refractivity contribution in [1.29, 1.82) is 0 Å². The number of hydrogen-bond donors (Lipinski definition) is 0. The predicted molar refractivity (Wildman–Crippen MR) is 124 cm³/mol.